The van der Waals surface area contributed by atoms with E-state index in [2.05, 4.69) is 41.7 Å². The van der Waals surface area contributed by atoms with Gasteiger partial charge in [0.05, 0.1) is 5.39 Å². The van der Waals surface area contributed by atoms with E-state index in [9.17, 15) is 0 Å². The van der Waals surface area contributed by atoms with Gasteiger partial charge in [0.1, 0.15) is 17.0 Å². The highest BCUT2D eigenvalue weighted by molar-refractivity contribution is 7.18. The van der Waals surface area contributed by atoms with Crippen LogP contribution in [0.4, 0.5) is 5.82 Å². The van der Waals surface area contributed by atoms with Crippen LogP contribution in [0, 0.1) is 6.92 Å². The van der Waals surface area contributed by atoms with Crippen molar-refractivity contribution in [2.45, 2.75) is 26.8 Å². The van der Waals surface area contributed by atoms with E-state index in [1.807, 2.05) is 0 Å². The van der Waals surface area contributed by atoms with Crippen LogP contribution >= 0.6 is 22.9 Å². The first-order valence-corrected chi connectivity index (χ1v) is 7.02. The van der Waals surface area contributed by atoms with Crippen LogP contribution in [0.15, 0.2) is 12.4 Å². The second-order valence-electron chi connectivity index (χ2n) is 4.25. The number of hydrogen-bond donors (Lipinski definition) is 0. The summed E-state index contributed by atoms with van der Waals surface area (Å²) in [5.74, 6) is 1.60. The minimum Gasteiger partial charge on any atom is -0.352 e. The average Bonchev–Trinajstić information content (AvgIpc) is 2.65. The molecular weight excluding hydrogens is 254 g/mol. The van der Waals surface area contributed by atoms with Crippen molar-refractivity contribution in [3.05, 3.63) is 17.3 Å². The molecule has 2 rings (SSSR count). The second-order valence-corrected chi connectivity index (χ2v) is 5.86. The van der Waals surface area contributed by atoms with Crippen molar-refractivity contribution < 1.29 is 0 Å². The molecule has 0 aliphatic rings. The Labute approximate surface area is 110 Å². The van der Waals surface area contributed by atoms with Crippen LogP contribution in [0.2, 0.25) is 0 Å². The first-order chi connectivity index (χ1) is 8.13. The SMILES string of the molecule is Cc1cc2c(N(CCCl)C(C)C)ncnc2s1. The maximum atomic E-state index is 5.86. The standard InChI is InChI=1S/C12H16ClN3S/c1-8(2)16(5-4-13)11-10-6-9(3)17-12(10)15-7-14-11/h6-8H,4-5H2,1-3H3. The molecule has 0 aromatic carbocycles. The largest absolute Gasteiger partial charge is 0.352 e. The summed E-state index contributed by atoms with van der Waals surface area (Å²) in [6.45, 7) is 7.21. The van der Waals surface area contributed by atoms with Crippen LogP contribution in [0.3, 0.4) is 0 Å². The molecule has 0 saturated carbocycles. The minimum absolute atomic E-state index is 0.382. The first kappa shape index (κ1) is 12.6. The van der Waals surface area contributed by atoms with Gasteiger partial charge in [0, 0.05) is 23.3 Å². The van der Waals surface area contributed by atoms with Gasteiger partial charge in [-0.2, -0.15) is 0 Å². The highest BCUT2D eigenvalue weighted by Gasteiger charge is 2.16. The third kappa shape index (κ3) is 2.53. The van der Waals surface area contributed by atoms with Gasteiger partial charge in [0.2, 0.25) is 0 Å². The van der Waals surface area contributed by atoms with Gasteiger partial charge in [-0.15, -0.1) is 22.9 Å². The van der Waals surface area contributed by atoms with Crippen LogP contribution in [0.5, 0.6) is 0 Å². The molecular formula is C12H16ClN3S. The predicted molar refractivity (Wildman–Crippen MR) is 75.4 cm³/mol. The predicted octanol–water partition coefficient (Wildman–Crippen LogP) is 3.45. The van der Waals surface area contributed by atoms with E-state index in [1.54, 1.807) is 17.7 Å². The van der Waals surface area contributed by atoms with Crippen molar-refractivity contribution in [1.82, 2.24) is 9.97 Å². The number of aryl methyl sites for hydroxylation is 1. The van der Waals surface area contributed by atoms with Gasteiger partial charge in [0.15, 0.2) is 0 Å². The molecule has 0 bridgehead atoms. The maximum Gasteiger partial charge on any atom is 0.141 e. The molecule has 2 heterocycles. The molecule has 0 fully saturated rings. The maximum absolute atomic E-state index is 5.86. The number of nitrogens with zero attached hydrogens (tertiary/aromatic N) is 3. The fourth-order valence-electron chi connectivity index (χ4n) is 1.89. The highest BCUT2D eigenvalue weighted by atomic mass is 35.5. The van der Waals surface area contributed by atoms with Gasteiger partial charge in [-0.1, -0.05) is 0 Å². The summed E-state index contributed by atoms with van der Waals surface area (Å²) < 4.78 is 0. The van der Waals surface area contributed by atoms with Gasteiger partial charge < -0.3 is 4.90 Å². The smallest absolute Gasteiger partial charge is 0.141 e. The number of thiophene rings is 1. The van der Waals surface area contributed by atoms with E-state index >= 15 is 0 Å². The van der Waals surface area contributed by atoms with Gasteiger partial charge in [0.25, 0.3) is 0 Å². The van der Waals surface area contributed by atoms with Crippen molar-refractivity contribution in [3.63, 3.8) is 0 Å². The third-order valence-corrected chi connectivity index (χ3v) is 3.78. The zero-order chi connectivity index (χ0) is 12.4. The molecule has 0 spiro atoms. The van der Waals surface area contributed by atoms with Crippen LogP contribution in [0.25, 0.3) is 10.2 Å². The second kappa shape index (κ2) is 5.19. The molecule has 0 N–H and O–H groups in total. The van der Waals surface area contributed by atoms with Crippen molar-refractivity contribution >= 4 is 39.0 Å². The summed E-state index contributed by atoms with van der Waals surface area (Å²) >= 11 is 7.57. The quantitative estimate of drug-likeness (QED) is 0.796. The fraction of sp³-hybridized carbons (Fsp3) is 0.500. The summed E-state index contributed by atoms with van der Waals surface area (Å²) in [5, 5.41) is 1.13. The topological polar surface area (TPSA) is 29.0 Å². The Balaban J connectivity index is 2.51. The molecule has 2 aromatic heterocycles. The lowest BCUT2D eigenvalue weighted by Crippen LogP contribution is -2.33. The number of rotatable bonds is 4. The Morgan fingerprint density at radius 3 is 2.82 bits per heavy atom. The van der Waals surface area contributed by atoms with Crippen molar-refractivity contribution in [2.75, 3.05) is 17.3 Å². The summed E-state index contributed by atoms with van der Waals surface area (Å²) in [7, 11) is 0. The van der Waals surface area contributed by atoms with E-state index in [4.69, 9.17) is 11.6 Å². The van der Waals surface area contributed by atoms with Crippen molar-refractivity contribution in [1.29, 1.82) is 0 Å². The average molecular weight is 270 g/mol. The third-order valence-electron chi connectivity index (χ3n) is 2.65. The molecule has 0 atom stereocenters. The molecule has 92 valence electrons. The lowest BCUT2D eigenvalue weighted by Gasteiger charge is -2.27. The van der Waals surface area contributed by atoms with E-state index in [1.165, 1.54) is 4.88 Å². The molecule has 2 aromatic rings. The number of hydrogen-bond acceptors (Lipinski definition) is 4. The Bertz CT molecular complexity index is 509. The lowest BCUT2D eigenvalue weighted by atomic mass is 10.2. The molecule has 0 unspecified atom stereocenters. The first-order valence-electron chi connectivity index (χ1n) is 5.67. The van der Waals surface area contributed by atoms with Crippen LogP contribution < -0.4 is 4.90 Å². The molecule has 0 amide bonds. The zero-order valence-corrected chi connectivity index (χ0v) is 11.8. The Morgan fingerprint density at radius 1 is 1.41 bits per heavy atom. The van der Waals surface area contributed by atoms with E-state index < -0.39 is 0 Å². The molecule has 0 aliphatic heterocycles. The number of alkyl halides is 1. The Hall–Kier alpha value is -0.870. The monoisotopic (exact) mass is 269 g/mol. The zero-order valence-electron chi connectivity index (χ0n) is 10.3. The minimum atomic E-state index is 0.382. The molecule has 0 saturated heterocycles. The van der Waals surface area contributed by atoms with Gasteiger partial charge in [-0.3, -0.25) is 0 Å². The number of aromatic nitrogens is 2. The molecule has 5 heteroatoms. The molecule has 3 nitrogen and oxygen atoms in total. The molecule has 0 radical (unpaired) electrons. The van der Waals surface area contributed by atoms with Gasteiger partial charge >= 0.3 is 0 Å². The van der Waals surface area contributed by atoms with E-state index in [0.717, 1.165) is 22.6 Å². The summed E-state index contributed by atoms with van der Waals surface area (Å²) in [6.07, 6.45) is 1.64. The lowest BCUT2D eigenvalue weighted by molar-refractivity contribution is 0.698. The number of halogens is 1. The fourth-order valence-corrected chi connectivity index (χ4v) is 2.92. The summed E-state index contributed by atoms with van der Waals surface area (Å²) in [5.41, 5.74) is 0. The van der Waals surface area contributed by atoms with Crippen LogP contribution in [-0.2, 0) is 0 Å². The number of anilines is 1. The normalized spacial score (nSPS) is 11.4. The highest BCUT2D eigenvalue weighted by Crippen LogP contribution is 2.30. The summed E-state index contributed by atoms with van der Waals surface area (Å²) in [4.78, 5) is 13.3. The van der Waals surface area contributed by atoms with E-state index in [-0.39, 0.29) is 0 Å². The molecule has 17 heavy (non-hydrogen) atoms. The van der Waals surface area contributed by atoms with Crippen molar-refractivity contribution in [2.24, 2.45) is 0 Å². The van der Waals surface area contributed by atoms with Gasteiger partial charge in [-0.25, -0.2) is 9.97 Å². The number of fused-ring (bicyclic) bond motifs is 1. The van der Waals surface area contributed by atoms with E-state index in [0.29, 0.717) is 11.9 Å². The van der Waals surface area contributed by atoms with Crippen molar-refractivity contribution in [3.8, 4) is 0 Å². The van der Waals surface area contributed by atoms with Gasteiger partial charge in [-0.05, 0) is 26.8 Å². The van der Waals surface area contributed by atoms with Crippen LogP contribution in [-0.4, -0.2) is 28.4 Å². The molecule has 0 aliphatic carbocycles. The summed E-state index contributed by atoms with van der Waals surface area (Å²) in [6, 6.07) is 2.53. The van der Waals surface area contributed by atoms with Crippen LogP contribution in [0.1, 0.15) is 18.7 Å². The Kier molecular flexibility index (Phi) is 3.84. The Morgan fingerprint density at radius 2 is 2.18 bits per heavy atom.